The molecule has 3 atom stereocenters. The Balaban J connectivity index is 1.87. The number of fused-ring (bicyclic) bond motifs is 1. The second kappa shape index (κ2) is 5.44. The van der Waals surface area contributed by atoms with Crippen molar-refractivity contribution in [2.75, 3.05) is 13.7 Å². The maximum absolute atomic E-state index is 13.4. The van der Waals surface area contributed by atoms with E-state index in [-0.39, 0.29) is 29.0 Å². The van der Waals surface area contributed by atoms with E-state index in [2.05, 4.69) is 0 Å². The quantitative estimate of drug-likeness (QED) is 0.765. The van der Waals surface area contributed by atoms with E-state index >= 15 is 0 Å². The molecule has 1 amide bonds. The molecule has 3 rings (SSSR count). The van der Waals surface area contributed by atoms with Crippen molar-refractivity contribution >= 4 is 5.91 Å². The normalized spacial score (nSPS) is 28.2. The summed E-state index contributed by atoms with van der Waals surface area (Å²) in [6.07, 6.45) is -3.94. The molecule has 2 fully saturated rings. The molecule has 3 nitrogen and oxygen atoms in total. The summed E-state index contributed by atoms with van der Waals surface area (Å²) in [4.78, 5) is 14.1. The fourth-order valence-electron chi connectivity index (χ4n) is 4.29. The molecule has 132 valence electrons. The first-order chi connectivity index (χ1) is 11.0. The van der Waals surface area contributed by atoms with Crippen LogP contribution in [0.25, 0.3) is 0 Å². The maximum atomic E-state index is 13.4. The van der Waals surface area contributed by atoms with Gasteiger partial charge in [0, 0.05) is 36.6 Å². The highest BCUT2D eigenvalue weighted by Crippen LogP contribution is 2.54. The van der Waals surface area contributed by atoms with Crippen molar-refractivity contribution in [1.29, 1.82) is 0 Å². The lowest BCUT2D eigenvalue weighted by atomic mass is 9.56. The molecule has 0 radical (unpaired) electrons. The van der Waals surface area contributed by atoms with Gasteiger partial charge in [0.15, 0.2) is 0 Å². The molecular weight excluding hydrogens is 326 g/mol. The molecule has 0 bridgehead atoms. The molecule has 1 aliphatic heterocycles. The first kappa shape index (κ1) is 17.2. The number of amides is 1. The van der Waals surface area contributed by atoms with E-state index in [1.165, 1.54) is 4.90 Å². The molecular formula is C17H19F4NO2. The minimum absolute atomic E-state index is 0.0664. The average molecular weight is 345 g/mol. The fourth-order valence-corrected chi connectivity index (χ4v) is 4.29. The molecule has 0 N–H and O–H groups in total. The van der Waals surface area contributed by atoms with Crippen LogP contribution in [0.4, 0.5) is 17.6 Å². The van der Waals surface area contributed by atoms with Crippen LogP contribution in [0.3, 0.4) is 0 Å². The van der Waals surface area contributed by atoms with Crippen LogP contribution in [0, 0.1) is 17.2 Å². The minimum Gasteiger partial charge on any atom is -0.377 e. The van der Waals surface area contributed by atoms with Gasteiger partial charge in [0.25, 0.3) is 5.91 Å². The monoisotopic (exact) mass is 345 g/mol. The van der Waals surface area contributed by atoms with Crippen molar-refractivity contribution in [2.45, 2.75) is 38.6 Å². The SMILES string of the molecule is CN(C(=O)c1ccc(F)c(C(F)(F)F)c1)[C@@H]1[C@@H]2CCO[C@H]2C1(C)C. The van der Waals surface area contributed by atoms with Crippen LogP contribution in [0.1, 0.15) is 36.2 Å². The minimum atomic E-state index is -4.83. The highest BCUT2D eigenvalue weighted by atomic mass is 19.4. The van der Waals surface area contributed by atoms with E-state index in [4.69, 9.17) is 4.74 Å². The lowest BCUT2D eigenvalue weighted by Gasteiger charge is -2.57. The highest BCUT2D eigenvalue weighted by Gasteiger charge is 2.61. The Morgan fingerprint density at radius 1 is 1.33 bits per heavy atom. The summed E-state index contributed by atoms with van der Waals surface area (Å²) in [7, 11) is 1.58. The van der Waals surface area contributed by atoms with E-state index in [1.54, 1.807) is 7.05 Å². The van der Waals surface area contributed by atoms with Gasteiger partial charge in [-0.15, -0.1) is 0 Å². The number of halogens is 4. The lowest BCUT2D eigenvalue weighted by molar-refractivity contribution is -0.140. The van der Waals surface area contributed by atoms with Gasteiger partial charge in [0.05, 0.1) is 11.7 Å². The van der Waals surface area contributed by atoms with Gasteiger partial charge in [-0.3, -0.25) is 4.79 Å². The maximum Gasteiger partial charge on any atom is 0.419 e. The number of carbonyl (C=O) groups is 1. The first-order valence-electron chi connectivity index (χ1n) is 7.80. The number of carbonyl (C=O) groups excluding carboxylic acids is 1. The van der Waals surface area contributed by atoms with E-state index in [0.717, 1.165) is 12.5 Å². The smallest absolute Gasteiger partial charge is 0.377 e. The summed E-state index contributed by atoms with van der Waals surface area (Å²) in [6, 6.07) is 2.26. The first-order valence-corrected chi connectivity index (χ1v) is 7.80. The second-order valence-corrected chi connectivity index (χ2v) is 7.12. The van der Waals surface area contributed by atoms with Crippen LogP contribution in [0.15, 0.2) is 18.2 Å². The number of alkyl halides is 3. The molecule has 2 aliphatic rings. The Bertz CT molecular complexity index is 671. The molecule has 1 saturated heterocycles. The van der Waals surface area contributed by atoms with Crippen molar-refractivity contribution in [3.8, 4) is 0 Å². The number of ether oxygens (including phenoxy) is 1. The third-order valence-electron chi connectivity index (χ3n) is 5.29. The van der Waals surface area contributed by atoms with Gasteiger partial charge in [-0.25, -0.2) is 4.39 Å². The van der Waals surface area contributed by atoms with Crippen molar-refractivity contribution in [3.05, 3.63) is 35.1 Å². The van der Waals surface area contributed by atoms with Gasteiger partial charge in [0.2, 0.25) is 0 Å². The third kappa shape index (κ3) is 2.49. The van der Waals surface area contributed by atoms with E-state index < -0.39 is 23.5 Å². The van der Waals surface area contributed by atoms with Crippen molar-refractivity contribution in [3.63, 3.8) is 0 Å². The lowest BCUT2D eigenvalue weighted by Crippen LogP contribution is -2.66. The standard InChI is InChI=1S/C17H19F4NO2/c1-16(2)13(10-6-7-24-14(10)16)22(3)15(23)9-4-5-12(18)11(8-9)17(19,20)21/h4-5,8,10,13-14H,6-7H2,1-3H3/t10-,13+,14+/m0/s1. The van der Waals surface area contributed by atoms with Gasteiger partial charge in [-0.2, -0.15) is 13.2 Å². The van der Waals surface area contributed by atoms with Crippen LogP contribution in [-0.2, 0) is 10.9 Å². The largest absolute Gasteiger partial charge is 0.419 e. The topological polar surface area (TPSA) is 29.5 Å². The molecule has 0 unspecified atom stereocenters. The summed E-state index contributed by atoms with van der Waals surface area (Å²) >= 11 is 0. The zero-order valence-corrected chi connectivity index (χ0v) is 13.7. The molecule has 0 spiro atoms. The molecule has 1 saturated carbocycles. The van der Waals surface area contributed by atoms with Crippen LogP contribution >= 0.6 is 0 Å². The highest BCUT2D eigenvalue weighted by molar-refractivity contribution is 5.94. The number of hydrogen-bond donors (Lipinski definition) is 0. The van der Waals surface area contributed by atoms with Crippen molar-refractivity contribution in [2.24, 2.45) is 11.3 Å². The Morgan fingerprint density at radius 3 is 2.62 bits per heavy atom. The predicted octanol–water partition coefficient (Wildman–Crippen LogP) is 3.73. The predicted molar refractivity (Wildman–Crippen MR) is 78.9 cm³/mol. The molecule has 7 heteroatoms. The Labute approximate surface area is 137 Å². The Kier molecular flexibility index (Phi) is 3.90. The van der Waals surface area contributed by atoms with Gasteiger partial charge in [-0.05, 0) is 24.6 Å². The Morgan fingerprint density at radius 2 is 2.00 bits per heavy atom. The average Bonchev–Trinajstić information content (AvgIpc) is 2.92. The number of nitrogens with zero attached hydrogens (tertiary/aromatic N) is 1. The van der Waals surface area contributed by atoms with Gasteiger partial charge >= 0.3 is 6.18 Å². The molecule has 1 aromatic rings. The number of rotatable bonds is 2. The van der Waals surface area contributed by atoms with Crippen molar-refractivity contribution in [1.82, 2.24) is 4.90 Å². The molecule has 1 aromatic carbocycles. The molecule has 1 heterocycles. The molecule has 1 aliphatic carbocycles. The zero-order chi connectivity index (χ0) is 17.9. The van der Waals surface area contributed by atoms with E-state index in [1.807, 2.05) is 13.8 Å². The van der Waals surface area contributed by atoms with E-state index in [9.17, 15) is 22.4 Å². The van der Waals surface area contributed by atoms with Gasteiger partial charge < -0.3 is 9.64 Å². The zero-order valence-electron chi connectivity index (χ0n) is 13.7. The Hall–Kier alpha value is -1.63. The summed E-state index contributed by atoms with van der Waals surface area (Å²) in [5.74, 6) is -1.73. The van der Waals surface area contributed by atoms with Gasteiger partial charge in [0.1, 0.15) is 5.82 Å². The summed E-state index contributed by atoms with van der Waals surface area (Å²) < 4.78 is 57.6. The summed E-state index contributed by atoms with van der Waals surface area (Å²) in [5, 5.41) is 0. The number of hydrogen-bond acceptors (Lipinski definition) is 2. The molecule has 24 heavy (non-hydrogen) atoms. The van der Waals surface area contributed by atoms with E-state index in [0.29, 0.717) is 18.7 Å². The van der Waals surface area contributed by atoms with Crippen LogP contribution in [-0.4, -0.2) is 36.6 Å². The van der Waals surface area contributed by atoms with Gasteiger partial charge in [-0.1, -0.05) is 13.8 Å². The van der Waals surface area contributed by atoms with Crippen molar-refractivity contribution < 1.29 is 27.1 Å². The summed E-state index contributed by atoms with van der Waals surface area (Å²) in [5.41, 5.74) is -1.85. The van der Waals surface area contributed by atoms with Crippen LogP contribution in [0.5, 0.6) is 0 Å². The summed E-state index contributed by atoms with van der Waals surface area (Å²) in [6.45, 7) is 4.60. The van der Waals surface area contributed by atoms with Crippen LogP contribution < -0.4 is 0 Å². The second-order valence-electron chi connectivity index (χ2n) is 7.12. The fraction of sp³-hybridized carbons (Fsp3) is 0.588. The third-order valence-corrected chi connectivity index (χ3v) is 5.29. The number of benzene rings is 1. The molecule has 0 aromatic heterocycles. The van der Waals surface area contributed by atoms with Crippen LogP contribution in [0.2, 0.25) is 0 Å².